The molecular formula is C33H44O11. The molecule has 11 nitrogen and oxygen atoms in total. The third-order valence-corrected chi connectivity index (χ3v) is 10.4. The molecule has 0 unspecified atom stereocenters. The summed E-state index contributed by atoms with van der Waals surface area (Å²) in [7, 11) is 0. The molecule has 0 aromatic heterocycles. The van der Waals surface area contributed by atoms with E-state index in [0.717, 1.165) is 5.57 Å². The van der Waals surface area contributed by atoms with E-state index in [-0.39, 0.29) is 25.7 Å². The van der Waals surface area contributed by atoms with E-state index in [0.29, 0.717) is 19.4 Å². The molecule has 242 valence electrons. The lowest BCUT2D eigenvalue weighted by Gasteiger charge is -2.59. The van der Waals surface area contributed by atoms with E-state index < -0.39 is 76.9 Å². The van der Waals surface area contributed by atoms with Gasteiger partial charge in [-0.05, 0) is 38.7 Å². The molecule has 3 heterocycles. The number of carbonyl (C=O) groups is 3. The quantitative estimate of drug-likeness (QED) is 0.158. The number of aliphatic hydroxyl groups is 2. The predicted molar refractivity (Wildman–Crippen MR) is 156 cm³/mol. The molecule has 3 fully saturated rings. The number of esters is 3. The minimum absolute atomic E-state index is 0.168. The molecule has 44 heavy (non-hydrogen) atoms. The molecule has 2 N–H and O–H groups in total. The molecule has 3 aliphatic heterocycles. The van der Waals surface area contributed by atoms with Crippen LogP contribution in [0.15, 0.2) is 48.1 Å². The number of aliphatic hydroxyl groups excluding tert-OH is 2. The van der Waals surface area contributed by atoms with Gasteiger partial charge in [0, 0.05) is 31.6 Å². The van der Waals surface area contributed by atoms with Crippen LogP contribution in [0.25, 0.3) is 0 Å². The van der Waals surface area contributed by atoms with E-state index in [9.17, 15) is 24.6 Å². The molecule has 0 aromatic rings. The zero-order chi connectivity index (χ0) is 31.9. The second-order valence-electron chi connectivity index (χ2n) is 12.9. The van der Waals surface area contributed by atoms with Gasteiger partial charge in [0.25, 0.3) is 0 Å². The van der Waals surface area contributed by atoms with Gasteiger partial charge in [-0.1, -0.05) is 44.2 Å². The van der Waals surface area contributed by atoms with Crippen LogP contribution in [0.2, 0.25) is 0 Å². The molecule has 2 aliphatic carbocycles. The number of carbonyl (C=O) groups excluding carboxylic acids is 3. The van der Waals surface area contributed by atoms with Crippen LogP contribution in [0.1, 0.15) is 53.9 Å². The van der Waals surface area contributed by atoms with Gasteiger partial charge in [0.05, 0.1) is 35.7 Å². The SMILES string of the molecule is C/C=C/C(=O)O[C@H]1C[C@@]23COC(=O)[C@@H](O)[C@H](C)CCO[C@@H]([C@H](C)O)/C=C\C=C/C(=O)O[C@@H]4C[C@@H](O[C@@H]2C=C1C)[C@@]1(CO1)[C@]43C. The maximum Gasteiger partial charge on any atom is 0.335 e. The number of epoxide rings is 1. The first-order chi connectivity index (χ1) is 20.9. The fourth-order valence-corrected chi connectivity index (χ4v) is 7.48. The number of cyclic esters (lactones) is 1. The van der Waals surface area contributed by atoms with E-state index in [1.54, 1.807) is 39.0 Å². The lowest BCUT2D eigenvalue weighted by atomic mass is 9.51. The number of rotatable bonds is 3. The number of hydrogen-bond acceptors (Lipinski definition) is 11. The lowest BCUT2D eigenvalue weighted by Crippen LogP contribution is -2.68. The van der Waals surface area contributed by atoms with E-state index in [1.165, 1.54) is 18.2 Å². The van der Waals surface area contributed by atoms with Gasteiger partial charge in [-0.3, -0.25) is 0 Å². The monoisotopic (exact) mass is 616 g/mol. The van der Waals surface area contributed by atoms with E-state index in [4.69, 9.17) is 28.4 Å². The molecule has 5 rings (SSSR count). The van der Waals surface area contributed by atoms with Crippen LogP contribution in [-0.4, -0.2) is 96.3 Å². The highest BCUT2D eigenvalue weighted by molar-refractivity contribution is 5.83. The summed E-state index contributed by atoms with van der Waals surface area (Å²) in [5, 5.41) is 21.0. The minimum Gasteiger partial charge on any atom is -0.463 e. The smallest absolute Gasteiger partial charge is 0.335 e. The van der Waals surface area contributed by atoms with Gasteiger partial charge in [-0.25, -0.2) is 14.4 Å². The summed E-state index contributed by atoms with van der Waals surface area (Å²) in [6, 6.07) is 0. The fraction of sp³-hybridized carbons (Fsp3) is 0.667. The predicted octanol–water partition coefficient (Wildman–Crippen LogP) is 2.49. The van der Waals surface area contributed by atoms with Crippen molar-refractivity contribution in [1.82, 2.24) is 0 Å². The van der Waals surface area contributed by atoms with Gasteiger partial charge in [-0.2, -0.15) is 0 Å². The standard InChI is InChI=1S/C33H44O11/c1-6-9-27(35)42-23-16-32-17-40-30(38)29(37)19(2)12-13-39-22(21(4)34)10-7-8-11-28(36)44-24-15-26(43-25(32)14-20(23)3)33(18-41-33)31(24,32)5/h6-11,14,19,21-26,29,34,37H,12-13,15-18H2,1-5H3/b9-6+,10-7-,11-8-/t19-,21+,22-,23+,24-,25-,26-,29+,31-,32-,33+/m1/s1. The Kier molecular flexibility index (Phi) is 9.26. The zero-order valence-corrected chi connectivity index (χ0v) is 26.0. The van der Waals surface area contributed by atoms with Gasteiger partial charge in [0.1, 0.15) is 30.5 Å². The van der Waals surface area contributed by atoms with Crippen molar-refractivity contribution in [1.29, 1.82) is 0 Å². The molecule has 5 aliphatic rings. The van der Waals surface area contributed by atoms with Crippen LogP contribution in [0.5, 0.6) is 0 Å². The average molecular weight is 617 g/mol. The highest BCUT2D eigenvalue weighted by atomic mass is 16.6. The molecule has 0 aromatic carbocycles. The van der Waals surface area contributed by atoms with Crippen molar-refractivity contribution in [3.05, 3.63) is 48.1 Å². The Morgan fingerprint density at radius 3 is 2.64 bits per heavy atom. The van der Waals surface area contributed by atoms with Gasteiger partial charge >= 0.3 is 17.9 Å². The summed E-state index contributed by atoms with van der Waals surface area (Å²) >= 11 is 0. The van der Waals surface area contributed by atoms with Crippen LogP contribution < -0.4 is 0 Å². The first-order valence-corrected chi connectivity index (χ1v) is 15.4. The molecule has 0 amide bonds. The van der Waals surface area contributed by atoms with E-state index >= 15 is 0 Å². The Morgan fingerprint density at radius 1 is 1.20 bits per heavy atom. The summed E-state index contributed by atoms with van der Waals surface area (Å²) in [5.41, 5.74) is -1.95. The lowest BCUT2D eigenvalue weighted by molar-refractivity contribution is -0.242. The van der Waals surface area contributed by atoms with Crippen molar-refractivity contribution < 1.29 is 53.0 Å². The van der Waals surface area contributed by atoms with Crippen LogP contribution in [-0.2, 0) is 42.8 Å². The Hall–Kier alpha value is -2.83. The molecule has 0 radical (unpaired) electrons. The molecule has 11 heteroatoms. The number of ether oxygens (including phenoxy) is 6. The maximum absolute atomic E-state index is 13.3. The average Bonchev–Trinajstić information content (AvgIpc) is 3.75. The number of allylic oxidation sites excluding steroid dienone is 3. The van der Waals surface area contributed by atoms with E-state index in [1.807, 2.05) is 19.9 Å². The van der Waals surface area contributed by atoms with Gasteiger partial charge in [0.2, 0.25) is 0 Å². The molecule has 2 spiro atoms. The van der Waals surface area contributed by atoms with Crippen LogP contribution in [0, 0.1) is 16.7 Å². The second-order valence-corrected chi connectivity index (χ2v) is 12.9. The summed E-state index contributed by atoms with van der Waals surface area (Å²) < 4.78 is 36.5. The Balaban J connectivity index is 1.55. The molecule has 2 bridgehead atoms. The molecule has 11 atom stereocenters. The van der Waals surface area contributed by atoms with Crippen molar-refractivity contribution in [2.75, 3.05) is 19.8 Å². The van der Waals surface area contributed by atoms with Crippen LogP contribution in [0.4, 0.5) is 0 Å². The summed E-state index contributed by atoms with van der Waals surface area (Å²) in [6.07, 6.45) is 6.62. The topological polar surface area (TPSA) is 150 Å². The Morgan fingerprint density at radius 2 is 1.95 bits per heavy atom. The van der Waals surface area contributed by atoms with Crippen LogP contribution >= 0.6 is 0 Å². The normalized spacial score (nSPS) is 44.8. The minimum atomic E-state index is -1.44. The van der Waals surface area contributed by atoms with Crippen molar-refractivity contribution in [3.63, 3.8) is 0 Å². The molecule has 2 saturated heterocycles. The number of hydrogen-bond donors (Lipinski definition) is 2. The summed E-state index contributed by atoms with van der Waals surface area (Å²) in [5.74, 6) is -2.40. The van der Waals surface area contributed by atoms with Crippen molar-refractivity contribution in [2.24, 2.45) is 16.7 Å². The van der Waals surface area contributed by atoms with Crippen molar-refractivity contribution in [3.8, 4) is 0 Å². The fourth-order valence-electron chi connectivity index (χ4n) is 7.48. The van der Waals surface area contributed by atoms with Gasteiger partial charge in [0.15, 0.2) is 6.10 Å². The summed E-state index contributed by atoms with van der Waals surface area (Å²) in [6.45, 7) is 9.23. The molecular weight excluding hydrogens is 572 g/mol. The Bertz CT molecular complexity index is 1250. The summed E-state index contributed by atoms with van der Waals surface area (Å²) in [4.78, 5) is 39.1. The van der Waals surface area contributed by atoms with Gasteiger partial charge in [-0.15, -0.1) is 0 Å². The largest absolute Gasteiger partial charge is 0.463 e. The van der Waals surface area contributed by atoms with Crippen molar-refractivity contribution >= 4 is 17.9 Å². The second kappa shape index (κ2) is 12.5. The van der Waals surface area contributed by atoms with E-state index in [2.05, 4.69) is 0 Å². The van der Waals surface area contributed by atoms with Crippen molar-refractivity contribution in [2.45, 2.75) is 102 Å². The first-order valence-electron chi connectivity index (χ1n) is 15.4. The maximum atomic E-state index is 13.3. The highest BCUT2D eigenvalue weighted by Gasteiger charge is 2.83. The van der Waals surface area contributed by atoms with Gasteiger partial charge < -0.3 is 38.6 Å². The molecule has 1 saturated carbocycles. The third kappa shape index (κ3) is 5.58. The first kappa shape index (κ1) is 32.6. The Labute approximate surface area is 257 Å². The highest BCUT2D eigenvalue weighted by Crippen LogP contribution is 2.72. The zero-order valence-electron chi connectivity index (χ0n) is 26.0. The third-order valence-electron chi connectivity index (χ3n) is 10.4. The van der Waals surface area contributed by atoms with Crippen LogP contribution in [0.3, 0.4) is 0 Å².